The van der Waals surface area contributed by atoms with Crippen LogP contribution < -0.4 is 0 Å². The number of hydrogen-bond acceptors (Lipinski definition) is 1. The van der Waals surface area contributed by atoms with Gasteiger partial charge in [0.25, 0.3) is 0 Å². The Morgan fingerprint density at radius 2 is 2.00 bits per heavy atom. The van der Waals surface area contributed by atoms with Gasteiger partial charge >= 0.3 is 0 Å². The molecule has 16 heavy (non-hydrogen) atoms. The van der Waals surface area contributed by atoms with Crippen molar-refractivity contribution in [1.29, 1.82) is 0 Å². The van der Waals surface area contributed by atoms with E-state index < -0.39 is 0 Å². The Labute approximate surface area is 98.2 Å². The van der Waals surface area contributed by atoms with E-state index in [1.165, 1.54) is 5.56 Å². The van der Waals surface area contributed by atoms with Gasteiger partial charge in [0.05, 0.1) is 0 Å². The summed E-state index contributed by atoms with van der Waals surface area (Å²) >= 11 is 0. The van der Waals surface area contributed by atoms with E-state index in [4.69, 9.17) is 0 Å². The van der Waals surface area contributed by atoms with Gasteiger partial charge in [0.15, 0.2) is 0 Å². The van der Waals surface area contributed by atoms with Crippen LogP contribution in [0, 0.1) is 5.41 Å². The molecule has 0 saturated carbocycles. The number of carbonyl (C=O) groups excluding carboxylic acids is 1. The zero-order valence-electron chi connectivity index (χ0n) is 10.1. The fourth-order valence-corrected chi connectivity index (χ4v) is 2.27. The Hall–Kier alpha value is -1.37. The van der Waals surface area contributed by atoms with E-state index in [1.807, 2.05) is 31.2 Å². The van der Waals surface area contributed by atoms with Crippen LogP contribution in [0.4, 0.5) is 0 Å². The average molecular weight is 216 g/mol. The van der Waals surface area contributed by atoms with Gasteiger partial charge < -0.3 is 4.79 Å². The normalized spacial score (nSPS) is 16.1. The van der Waals surface area contributed by atoms with E-state index in [-0.39, 0.29) is 11.3 Å². The standard InChI is InChI=1S/C15H20O/c1-4-11-15(3,12-16)14(5-2)13-9-7-6-8-10-13/h5-10,12,14H,2,4,11H2,1,3H3/t14-,15-/m1/s1. The second-order valence-electron chi connectivity index (χ2n) is 4.50. The van der Waals surface area contributed by atoms with Gasteiger partial charge in [0, 0.05) is 11.3 Å². The predicted molar refractivity (Wildman–Crippen MR) is 68.5 cm³/mol. The van der Waals surface area contributed by atoms with Crippen molar-refractivity contribution in [2.75, 3.05) is 0 Å². The summed E-state index contributed by atoms with van der Waals surface area (Å²) in [7, 11) is 0. The lowest BCUT2D eigenvalue weighted by atomic mass is 9.72. The first-order valence-electron chi connectivity index (χ1n) is 5.81. The maximum atomic E-state index is 11.3. The highest BCUT2D eigenvalue weighted by atomic mass is 16.1. The van der Waals surface area contributed by atoms with Crippen LogP contribution in [0.3, 0.4) is 0 Å². The summed E-state index contributed by atoms with van der Waals surface area (Å²) in [5, 5.41) is 0. The Morgan fingerprint density at radius 3 is 2.44 bits per heavy atom. The molecule has 0 radical (unpaired) electrons. The van der Waals surface area contributed by atoms with Crippen molar-refractivity contribution in [3.8, 4) is 0 Å². The number of rotatable bonds is 6. The number of carbonyl (C=O) groups is 1. The third-order valence-electron chi connectivity index (χ3n) is 3.16. The van der Waals surface area contributed by atoms with Crippen molar-refractivity contribution < 1.29 is 4.79 Å². The van der Waals surface area contributed by atoms with Gasteiger partial charge in [-0.2, -0.15) is 0 Å². The maximum absolute atomic E-state index is 11.3. The van der Waals surface area contributed by atoms with Crippen LogP contribution >= 0.6 is 0 Å². The first kappa shape index (κ1) is 12.7. The molecule has 0 unspecified atom stereocenters. The molecule has 0 aliphatic carbocycles. The first-order chi connectivity index (χ1) is 7.68. The molecule has 0 aliphatic rings. The van der Waals surface area contributed by atoms with Crippen LogP contribution in [0.15, 0.2) is 43.0 Å². The number of aldehydes is 1. The number of benzene rings is 1. The van der Waals surface area contributed by atoms with Gasteiger partial charge in [-0.25, -0.2) is 0 Å². The molecule has 1 nitrogen and oxygen atoms in total. The largest absolute Gasteiger partial charge is 0.303 e. The number of hydrogen-bond donors (Lipinski definition) is 0. The molecule has 1 rings (SSSR count). The summed E-state index contributed by atoms with van der Waals surface area (Å²) in [5.41, 5.74) is 0.832. The molecule has 0 bridgehead atoms. The van der Waals surface area contributed by atoms with Crippen molar-refractivity contribution in [2.45, 2.75) is 32.6 Å². The summed E-state index contributed by atoms with van der Waals surface area (Å²) in [5.74, 6) is 0.103. The quantitative estimate of drug-likeness (QED) is 0.519. The average Bonchev–Trinajstić information content (AvgIpc) is 2.31. The molecular formula is C15H20O. The van der Waals surface area contributed by atoms with Crippen LogP contribution in [0.1, 0.15) is 38.2 Å². The first-order valence-corrected chi connectivity index (χ1v) is 5.81. The van der Waals surface area contributed by atoms with Crippen molar-refractivity contribution in [1.82, 2.24) is 0 Å². The molecule has 0 N–H and O–H groups in total. The van der Waals surface area contributed by atoms with Gasteiger partial charge in [-0.3, -0.25) is 0 Å². The van der Waals surface area contributed by atoms with E-state index >= 15 is 0 Å². The number of allylic oxidation sites excluding steroid dienone is 1. The highest BCUT2D eigenvalue weighted by Crippen LogP contribution is 2.38. The van der Waals surface area contributed by atoms with Gasteiger partial charge in [0.2, 0.25) is 0 Å². The highest BCUT2D eigenvalue weighted by molar-refractivity contribution is 5.62. The Bertz CT molecular complexity index is 342. The lowest BCUT2D eigenvalue weighted by Crippen LogP contribution is -2.26. The van der Waals surface area contributed by atoms with Crippen molar-refractivity contribution >= 4 is 6.29 Å². The van der Waals surface area contributed by atoms with E-state index in [0.29, 0.717) is 0 Å². The lowest BCUT2D eigenvalue weighted by molar-refractivity contribution is -0.116. The van der Waals surface area contributed by atoms with Crippen molar-refractivity contribution in [3.05, 3.63) is 48.6 Å². The zero-order valence-corrected chi connectivity index (χ0v) is 10.1. The van der Waals surface area contributed by atoms with Gasteiger partial charge in [-0.05, 0) is 12.0 Å². The molecule has 1 aromatic rings. The van der Waals surface area contributed by atoms with E-state index in [9.17, 15) is 4.79 Å². The highest BCUT2D eigenvalue weighted by Gasteiger charge is 2.32. The maximum Gasteiger partial charge on any atom is 0.126 e. The smallest absolute Gasteiger partial charge is 0.126 e. The molecule has 2 atom stereocenters. The zero-order chi connectivity index (χ0) is 12.0. The van der Waals surface area contributed by atoms with Crippen LogP contribution in [0.5, 0.6) is 0 Å². The van der Waals surface area contributed by atoms with Gasteiger partial charge in [-0.15, -0.1) is 6.58 Å². The van der Waals surface area contributed by atoms with Crippen molar-refractivity contribution in [2.24, 2.45) is 5.41 Å². The summed E-state index contributed by atoms with van der Waals surface area (Å²) < 4.78 is 0. The predicted octanol–water partition coefficient (Wildman–Crippen LogP) is 3.96. The monoisotopic (exact) mass is 216 g/mol. The molecule has 0 amide bonds. The Kier molecular flexibility index (Phi) is 4.48. The Balaban J connectivity index is 3.05. The van der Waals surface area contributed by atoms with Crippen LogP contribution in [0.2, 0.25) is 0 Å². The summed E-state index contributed by atoms with van der Waals surface area (Å²) in [6, 6.07) is 10.1. The fraction of sp³-hybridized carbons (Fsp3) is 0.400. The van der Waals surface area contributed by atoms with Crippen LogP contribution in [-0.2, 0) is 4.79 Å². The third-order valence-corrected chi connectivity index (χ3v) is 3.16. The van der Waals surface area contributed by atoms with E-state index in [1.54, 1.807) is 0 Å². The van der Waals surface area contributed by atoms with Crippen LogP contribution in [0.25, 0.3) is 0 Å². The third kappa shape index (κ3) is 2.60. The molecule has 0 aromatic heterocycles. The molecule has 0 spiro atoms. The topological polar surface area (TPSA) is 17.1 Å². The molecule has 0 saturated heterocycles. The summed E-state index contributed by atoms with van der Waals surface area (Å²) in [4.78, 5) is 11.3. The molecule has 0 heterocycles. The molecule has 86 valence electrons. The summed E-state index contributed by atoms with van der Waals surface area (Å²) in [6.07, 6.45) is 4.86. The SMILES string of the molecule is C=C[C@H](c1ccccc1)[C@@](C)(C=O)CCC. The second kappa shape index (κ2) is 5.64. The molecule has 1 heteroatoms. The minimum absolute atomic E-state index is 0.103. The van der Waals surface area contributed by atoms with Gasteiger partial charge in [-0.1, -0.05) is 56.7 Å². The molecule has 0 aliphatic heterocycles. The lowest BCUT2D eigenvalue weighted by Gasteiger charge is -2.30. The van der Waals surface area contributed by atoms with Crippen LogP contribution in [-0.4, -0.2) is 6.29 Å². The minimum atomic E-state index is -0.335. The molecular weight excluding hydrogens is 196 g/mol. The van der Waals surface area contributed by atoms with Crippen molar-refractivity contribution in [3.63, 3.8) is 0 Å². The summed E-state index contributed by atoms with van der Waals surface area (Å²) in [6.45, 7) is 8.00. The van der Waals surface area contributed by atoms with E-state index in [2.05, 4.69) is 25.6 Å². The Morgan fingerprint density at radius 1 is 1.38 bits per heavy atom. The van der Waals surface area contributed by atoms with Gasteiger partial charge in [0.1, 0.15) is 6.29 Å². The second-order valence-corrected chi connectivity index (χ2v) is 4.50. The molecule has 0 fully saturated rings. The fourth-order valence-electron chi connectivity index (χ4n) is 2.27. The molecule has 1 aromatic carbocycles. The minimum Gasteiger partial charge on any atom is -0.303 e. The van der Waals surface area contributed by atoms with E-state index in [0.717, 1.165) is 19.1 Å².